The Morgan fingerprint density at radius 3 is 2.43 bits per heavy atom. The summed E-state index contributed by atoms with van der Waals surface area (Å²) in [5, 5.41) is 10.8. The van der Waals surface area contributed by atoms with E-state index in [9.17, 15) is 19.5 Å². The van der Waals surface area contributed by atoms with Crippen LogP contribution >= 0.6 is 0 Å². The molecule has 0 radical (unpaired) electrons. The molecule has 7 N–H and O–H groups in total. The second-order valence-electron chi connectivity index (χ2n) is 11.2. The van der Waals surface area contributed by atoms with Gasteiger partial charge in [0.2, 0.25) is 5.91 Å². The number of ether oxygens (including phenoxy) is 1. The zero-order chi connectivity index (χ0) is 27.4. The van der Waals surface area contributed by atoms with Gasteiger partial charge in [0.25, 0.3) is 5.91 Å². The fraction of sp³-hybridized carbons (Fsp3) is 0.667. The van der Waals surface area contributed by atoms with Crippen LogP contribution in [0.2, 0.25) is 0 Å². The summed E-state index contributed by atoms with van der Waals surface area (Å²) >= 11 is 0. The molecular weight excluding hydrogens is 474 g/mol. The van der Waals surface area contributed by atoms with Crippen LogP contribution in [-0.4, -0.2) is 70.7 Å². The van der Waals surface area contributed by atoms with Gasteiger partial charge >= 0.3 is 5.97 Å². The van der Waals surface area contributed by atoms with Crippen LogP contribution in [0.1, 0.15) is 64.9 Å². The van der Waals surface area contributed by atoms with Crippen LogP contribution in [0.3, 0.4) is 0 Å². The zero-order valence-corrected chi connectivity index (χ0v) is 22.3. The lowest BCUT2D eigenvalue weighted by molar-refractivity contribution is -0.175. The Labute approximate surface area is 219 Å². The number of para-hydroxylation sites is 1. The van der Waals surface area contributed by atoms with Crippen molar-refractivity contribution in [1.29, 1.82) is 0 Å². The number of piperazine rings is 1. The zero-order valence-electron chi connectivity index (χ0n) is 22.3. The summed E-state index contributed by atoms with van der Waals surface area (Å²) in [5.74, 6) is -1.92. The monoisotopic (exact) mass is 517 g/mol. The number of hydrogen-bond donors (Lipinski definition) is 4. The fourth-order valence-electron chi connectivity index (χ4n) is 5.34. The number of esters is 1. The van der Waals surface area contributed by atoms with Gasteiger partial charge in [-0.15, -0.1) is 0 Å². The summed E-state index contributed by atoms with van der Waals surface area (Å²) in [7, 11) is 0. The predicted octanol–water partition coefficient (Wildman–Crippen LogP) is 1.02. The van der Waals surface area contributed by atoms with E-state index in [0.29, 0.717) is 25.9 Å². The molecule has 1 aliphatic carbocycles. The van der Waals surface area contributed by atoms with Gasteiger partial charge in [0.15, 0.2) is 5.60 Å². The van der Waals surface area contributed by atoms with E-state index in [1.807, 2.05) is 43.0 Å². The topological polar surface area (TPSA) is 165 Å². The molecule has 2 aliphatic rings. The summed E-state index contributed by atoms with van der Waals surface area (Å²) in [5.41, 5.74) is 17.9. The maximum absolute atomic E-state index is 13.1. The van der Waals surface area contributed by atoms with Gasteiger partial charge in [-0.3, -0.25) is 19.3 Å². The Hall–Kier alpha value is -2.53. The Kier molecular flexibility index (Phi) is 9.33. The standard InChI is InChI=1S/C27H43N5O5/c1-18(24(35)37-27(25(30)36)11-7-4-8-12-27)13-22(33)20(29)15-31-16-23(34)32(17-26(31,2)3)21-10-6-5-9-19(21)14-28/h5-6,9-10,18,20,22,33H,4,7-8,11-17,28-29H2,1-3H3,(H2,30,36). The number of aliphatic hydroxyl groups excluding tert-OH is 1. The molecule has 2 fully saturated rings. The minimum Gasteiger partial charge on any atom is -0.449 e. The smallest absolute Gasteiger partial charge is 0.309 e. The first-order chi connectivity index (χ1) is 17.4. The van der Waals surface area contributed by atoms with Crippen molar-refractivity contribution in [1.82, 2.24) is 4.90 Å². The van der Waals surface area contributed by atoms with Crippen LogP contribution in [0.5, 0.6) is 0 Å². The van der Waals surface area contributed by atoms with Crippen molar-refractivity contribution in [3.63, 3.8) is 0 Å². The molecule has 1 saturated heterocycles. The number of hydrogen-bond acceptors (Lipinski definition) is 8. The van der Waals surface area contributed by atoms with Crippen LogP contribution in [-0.2, 0) is 25.7 Å². The third-order valence-corrected chi connectivity index (χ3v) is 7.86. The summed E-state index contributed by atoms with van der Waals surface area (Å²) < 4.78 is 5.62. The van der Waals surface area contributed by atoms with E-state index in [1.165, 1.54) is 0 Å². The number of nitrogens with two attached hydrogens (primary N) is 3. The number of anilines is 1. The minimum atomic E-state index is -1.26. The van der Waals surface area contributed by atoms with Gasteiger partial charge in [0.1, 0.15) is 0 Å². The van der Waals surface area contributed by atoms with Crippen molar-refractivity contribution < 1.29 is 24.2 Å². The normalized spacial score (nSPS) is 22.2. The van der Waals surface area contributed by atoms with E-state index in [4.69, 9.17) is 21.9 Å². The van der Waals surface area contributed by atoms with Crippen LogP contribution in [0, 0.1) is 5.92 Å². The highest BCUT2D eigenvalue weighted by Gasteiger charge is 2.43. The van der Waals surface area contributed by atoms with Crippen molar-refractivity contribution in [2.24, 2.45) is 23.1 Å². The summed E-state index contributed by atoms with van der Waals surface area (Å²) in [6.07, 6.45) is 2.45. The molecule has 1 heterocycles. The SMILES string of the molecule is CC(CC(O)C(N)CN1CC(=O)N(c2ccccc2CN)CC1(C)C)C(=O)OC1(C(N)=O)CCCCC1. The molecule has 10 heteroatoms. The van der Waals surface area contributed by atoms with E-state index in [2.05, 4.69) is 0 Å². The maximum Gasteiger partial charge on any atom is 0.309 e. The quantitative estimate of drug-likeness (QED) is 0.334. The number of nitrogens with zero attached hydrogens (tertiary/aromatic N) is 2. The van der Waals surface area contributed by atoms with E-state index in [1.54, 1.807) is 11.8 Å². The van der Waals surface area contributed by atoms with Gasteiger partial charge in [-0.25, -0.2) is 0 Å². The van der Waals surface area contributed by atoms with Crippen molar-refractivity contribution in [2.45, 2.75) is 89.1 Å². The van der Waals surface area contributed by atoms with Crippen LogP contribution < -0.4 is 22.1 Å². The lowest BCUT2D eigenvalue weighted by Crippen LogP contribution is -2.64. The van der Waals surface area contributed by atoms with Gasteiger partial charge in [0, 0.05) is 36.9 Å². The second kappa shape index (κ2) is 11.9. The van der Waals surface area contributed by atoms with E-state index < -0.39 is 41.1 Å². The molecule has 1 saturated carbocycles. The summed E-state index contributed by atoms with van der Waals surface area (Å²) in [6.45, 7) is 6.92. The minimum absolute atomic E-state index is 0.0666. The summed E-state index contributed by atoms with van der Waals surface area (Å²) in [4.78, 5) is 41.7. The van der Waals surface area contributed by atoms with E-state index in [-0.39, 0.29) is 25.4 Å². The number of carbonyl (C=O) groups excluding carboxylic acids is 3. The second-order valence-corrected chi connectivity index (χ2v) is 11.2. The third kappa shape index (κ3) is 6.67. The lowest BCUT2D eigenvalue weighted by atomic mass is 9.84. The molecule has 1 aromatic carbocycles. The molecule has 3 atom stereocenters. The Bertz CT molecular complexity index is 978. The van der Waals surface area contributed by atoms with E-state index in [0.717, 1.165) is 30.5 Å². The molecule has 0 bridgehead atoms. The van der Waals surface area contributed by atoms with Crippen molar-refractivity contribution >= 4 is 23.5 Å². The molecule has 206 valence electrons. The highest BCUT2D eigenvalue weighted by atomic mass is 16.6. The fourth-order valence-corrected chi connectivity index (χ4v) is 5.34. The summed E-state index contributed by atoms with van der Waals surface area (Å²) in [6, 6.07) is 6.92. The highest BCUT2D eigenvalue weighted by Crippen LogP contribution is 2.33. The highest BCUT2D eigenvalue weighted by molar-refractivity contribution is 5.96. The van der Waals surface area contributed by atoms with Crippen molar-refractivity contribution in [3.8, 4) is 0 Å². The molecule has 2 amide bonds. The molecule has 0 spiro atoms. The van der Waals surface area contributed by atoms with Crippen molar-refractivity contribution in [3.05, 3.63) is 29.8 Å². The van der Waals surface area contributed by atoms with E-state index >= 15 is 0 Å². The lowest BCUT2D eigenvalue weighted by Gasteiger charge is -2.48. The van der Waals surface area contributed by atoms with Crippen LogP contribution in [0.25, 0.3) is 0 Å². The Balaban J connectivity index is 1.59. The predicted molar refractivity (Wildman–Crippen MR) is 141 cm³/mol. The number of aliphatic hydroxyl groups is 1. The largest absolute Gasteiger partial charge is 0.449 e. The van der Waals surface area contributed by atoms with Gasteiger partial charge < -0.3 is 31.9 Å². The first-order valence-corrected chi connectivity index (χ1v) is 13.2. The van der Waals surface area contributed by atoms with Gasteiger partial charge in [-0.1, -0.05) is 31.5 Å². The number of rotatable bonds is 10. The first-order valence-electron chi connectivity index (χ1n) is 13.2. The van der Waals surface area contributed by atoms with Gasteiger partial charge in [-0.05, 0) is 57.6 Å². The molecule has 1 aliphatic heterocycles. The van der Waals surface area contributed by atoms with Crippen LogP contribution in [0.15, 0.2) is 24.3 Å². The Morgan fingerprint density at radius 1 is 1.16 bits per heavy atom. The molecule has 10 nitrogen and oxygen atoms in total. The van der Waals surface area contributed by atoms with Gasteiger partial charge in [0.05, 0.1) is 18.6 Å². The number of benzene rings is 1. The maximum atomic E-state index is 13.1. The molecule has 0 aromatic heterocycles. The molecule has 1 aromatic rings. The third-order valence-electron chi connectivity index (χ3n) is 7.86. The van der Waals surface area contributed by atoms with Crippen molar-refractivity contribution in [2.75, 3.05) is 24.5 Å². The number of primary amides is 1. The average Bonchev–Trinajstić information content (AvgIpc) is 2.86. The first kappa shape index (κ1) is 29.0. The molecule has 3 unspecified atom stereocenters. The number of amides is 2. The van der Waals surface area contributed by atoms with Crippen LogP contribution in [0.4, 0.5) is 5.69 Å². The van der Waals surface area contributed by atoms with Gasteiger partial charge in [-0.2, -0.15) is 0 Å². The molecular formula is C27H43N5O5. The average molecular weight is 518 g/mol. The molecule has 37 heavy (non-hydrogen) atoms. The molecule has 3 rings (SSSR count). The Morgan fingerprint density at radius 2 is 1.81 bits per heavy atom. The number of carbonyl (C=O) groups is 3.